The first kappa shape index (κ1) is 15.2. The van der Waals surface area contributed by atoms with Crippen molar-refractivity contribution < 1.29 is 0 Å². The number of anilines is 1. The average molecular weight is 312 g/mol. The number of likely N-dealkylation sites (N-methyl/N-ethyl adjacent to an activating group) is 1. The molecule has 0 unspecified atom stereocenters. The highest BCUT2D eigenvalue weighted by Gasteiger charge is 2.11. The molecule has 3 nitrogen and oxygen atoms in total. The van der Waals surface area contributed by atoms with Crippen molar-refractivity contribution in [3.05, 3.63) is 35.0 Å². The first-order chi connectivity index (χ1) is 8.58. The van der Waals surface area contributed by atoms with Gasteiger partial charge in [0, 0.05) is 41.9 Å². The number of nitrogens with zero attached hydrogens (tertiary/aromatic N) is 2. The van der Waals surface area contributed by atoms with Crippen LogP contribution in [0.4, 0.5) is 5.82 Å². The topological polar surface area (TPSA) is 28.2 Å². The van der Waals surface area contributed by atoms with E-state index in [1.54, 1.807) is 0 Å². The van der Waals surface area contributed by atoms with Gasteiger partial charge >= 0.3 is 0 Å². The fourth-order valence-corrected chi connectivity index (χ4v) is 2.10. The van der Waals surface area contributed by atoms with Crippen LogP contribution in [0.2, 0.25) is 0 Å². The van der Waals surface area contributed by atoms with Crippen molar-refractivity contribution in [3.8, 4) is 0 Å². The molecule has 0 aliphatic heterocycles. The number of hydrogen-bond donors (Lipinski definition) is 1. The summed E-state index contributed by atoms with van der Waals surface area (Å²) in [7, 11) is 0. The molecule has 0 spiro atoms. The summed E-state index contributed by atoms with van der Waals surface area (Å²) < 4.78 is 1.02. The van der Waals surface area contributed by atoms with Gasteiger partial charge in [-0.2, -0.15) is 0 Å². The summed E-state index contributed by atoms with van der Waals surface area (Å²) in [6.07, 6.45) is 3.76. The van der Waals surface area contributed by atoms with Gasteiger partial charge in [0.15, 0.2) is 0 Å². The van der Waals surface area contributed by atoms with Gasteiger partial charge in [0.1, 0.15) is 5.82 Å². The van der Waals surface area contributed by atoms with Crippen LogP contribution >= 0.6 is 15.9 Å². The molecule has 100 valence electrons. The average Bonchev–Trinajstić information content (AvgIpc) is 2.34. The first-order valence-corrected chi connectivity index (χ1v) is 7.11. The lowest BCUT2D eigenvalue weighted by Gasteiger charge is -2.23. The zero-order valence-electron chi connectivity index (χ0n) is 11.4. The molecule has 0 atom stereocenters. The Bertz CT molecular complexity index is 391. The number of pyridine rings is 1. The van der Waals surface area contributed by atoms with E-state index in [1.165, 1.54) is 5.56 Å². The molecule has 1 aromatic heterocycles. The maximum absolute atomic E-state index is 4.54. The SMILES string of the molecule is C=CCN(CC)c1ncc(Br)cc1CNC(C)C. The minimum Gasteiger partial charge on any atom is -0.353 e. The van der Waals surface area contributed by atoms with E-state index in [2.05, 4.69) is 64.5 Å². The van der Waals surface area contributed by atoms with Crippen LogP contribution in [0.25, 0.3) is 0 Å². The predicted octanol–water partition coefficient (Wildman–Crippen LogP) is 3.35. The van der Waals surface area contributed by atoms with Gasteiger partial charge in [0.2, 0.25) is 0 Å². The molecule has 1 N–H and O–H groups in total. The van der Waals surface area contributed by atoms with Crippen LogP contribution in [0, 0.1) is 0 Å². The Morgan fingerprint density at radius 3 is 2.83 bits per heavy atom. The van der Waals surface area contributed by atoms with Crippen LogP contribution in [-0.2, 0) is 6.54 Å². The summed E-state index contributed by atoms with van der Waals surface area (Å²) in [6.45, 7) is 12.8. The van der Waals surface area contributed by atoms with Gasteiger partial charge in [-0.3, -0.25) is 0 Å². The van der Waals surface area contributed by atoms with Crippen molar-refractivity contribution in [3.63, 3.8) is 0 Å². The minimum absolute atomic E-state index is 0.464. The van der Waals surface area contributed by atoms with Crippen LogP contribution in [0.1, 0.15) is 26.3 Å². The van der Waals surface area contributed by atoms with Gasteiger partial charge in [0.05, 0.1) is 0 Å². The summed E-state index contributed by atoms with van der Waals surface area (Å²) in [6, 6.07) is 2.59. The third kappa shape index (κ3) is 4.42. The van der Waals surface area contributed by atoms with Crippen LogP contribution in [0.15, 0.2) is 29.4 Å². The van der Waals surface area contributed by atoms with Crippen LogP contribution in [0.3, 0.4) is 0 Å². The lowest BCUT2D eigenvalue weighted by atomic mass is 10.2. The predicted molar refractivity (Wildman–Crippen MR) is 82.0 cm³/mol. The highest BCUT2D eigenvalue weighted by Crippen LogP contribution is 2.21. The Morgan fingerprint density at radius 1 is 1.56 bits per heavy atom. The third-order valence-corrected chi connectivity index (χ3v) is 3.07. The van der Waals surface area contributed by atoms with Gasteiger partial charge in [0.25, 0.3) is 0 Å². The van der Waals surface area contributed by atoms with Crippen molar-refractivity contribution in [2.24, 2.45) is 0 Å². The maximum Gasteiger partial charge on any atom is 0.133 e. The molecule has 0 amide bonds. The maximum atomic E-state index is 4.54. The largest absolute Gasteiger partial charge is 0.353 e. The molecular formula is C14H22BrN3. The fourth-order valence-electron chi connectivity index (χ4n) is 1.72. The van der Waals surface area contributed by atoms with E-state index in [-0.39, 0.29) is 0 Å². The van der Waals surface area contributed by atoms with E-state index in [1.807, 2.05) is 12.3 Å². The Balaban J connectivity index is 2.97. The summed E-state index contributed by atoms with van der Waals surface area (Å²) in [5, 5.41) is 3.44. The minimum atomic E-state index is 0.464. The number of rotatable bonds is 7. The van der Waals surface area contributed by atoms with Gasteiger partial charge in [-0.05, 0) is 28.9 Å². The van der Waals surface area contributed by atoms with Crippen LogP contribution in [0.5, 0.6) is 0 Å². The van der Waals surface area contributed by atoms with E-state index < -0.39 is 0 Å². The Kier molecular flexibility index (Phi) is 6.36. The highest BCUT2D eigenvalue weighted by atomic mass is 79.9. The van der Waals surface area contributed by atoms with E-state index >= 15 is 0 Å². The number of halogens is 1. The Hall–Kier alpha value is -0.870. The Labute approximate surface area is 118 Å². The molecule has 0 fully saturated rings. The molecule has 18 heavy (non-hydrogen) atoms. The Morgan fingerprint density at radius 2 is 2.28 bits per heavy atom. The molecule has 0 aromatic carbocycles. The van der Waals surface area contributed by atoms with Crippen molar-refractivity contribution in [2.75, 3.05) is 18.0 Å². The molecule has 0 radical (unpaired) electrons. The lowest BCUT2D eigenvalue weighted by molar-refractivity contribution is 0.587. The summed E-state index contributed by atoms with van der Waals surface area (Å²) >= 11 is 3.48. The van der Waals surface area contributed by atoms with Gasteiger partial charge in [-0.15, -0.1) is 6.58 Å². The zero-order valence-corrected chi connectivity index (χ0v) is 13.0. The number of aromatic nitrogens is 1. The molecule has 0 aliphatic rings. The van der Waals surface area contributed by atoms with Crippen molar-refractivity contribution >= 4 is 21.7 Å². The summed E-state index contributed by atoms with van der Waals surface area (Å²) in [5.74, 6) is 1.04. The third-order valence-electron chi connectivity index (χ3n) is 2.64. The number of hydrogen-bond acceptors (Lipinski definition) is 3. The molecule has 1 aromatic rings. The van der Waals surface area contributed by atoms with Gasteiger partial charge < -0.3 is 10.2 Å². The normalized spacial score (nSPS) is 10.7. The van der Waals surface area contributed by atoms with Crippen molar-refractivity contribution in [2.45, 2.75) is 33.4 Å². The fraction of sp³-hybridized carbons (Fsp3) is 0.500. The smallest absolute Gasteiger partial charge is 0.133 e. The van der Waals surface area contributed by atoms with Crippen molar-refractivity contribution in [1.29, 1.82) is 0 Å². The zero-order chi connectivity index (χ0) is 13.5. The molecule has 0 bridgehead atoms. The molecular weight excluding hydrogens is 290 g/mol. The first-order valence-electron chi connectivity index (χ1n) is 6.32. The molecule has 4 heteroatoms. The quantitative estimate of drug-likeness (QED) is 0.783. The second kappa shape index (κ2) is 7.54. The van der Waals surface area contributed by atoms with E-state index in [0.29, 0.717) is 6.04 Å². The molecule has 1 heterocycles. The second-order valence-corrected chi connectivity index (χ2v) is 5.41. The second-order valence-electron chi connectivity index (χ2n) is 4.50. The highest BCUT2D eigenvalue weighted by molar-refractivity contribution is 9.10. The van der Waals surface area contributed by atoms with Gasteiger partial charge in [-0.1, -0.05) is 19.9 Å². The monoisotopic (exact) mass is 311 g/mol. The van der Waals surface area contributed by atoms with Gasteiger partial charge in [-0.25, -0.2) is 4.98 Å². The lowest BCUT2D eigenvalue weighted by Crippen LogP contribution is -2.28. The van der Waals surface area contributed by atoms with E-state index in [0.717, 1.165) is 29.9 Å². The van der Waals surface area contributed by atoms with E-state index in [4.69, 9.17) is 0 Å². The number of nitrogens with one attached hydrogen (secondary N) is 1. The molecule has 0 aliphatic carbocycles. The molecule has 0 saturated carbocycles. The van der Waals surface area contributed by atoms with Crippen LogP contribution in [-0.4, -0.2) is 24.1 Å². The molecule has 1 rings (SSSR count). The summed E-state index contributed by atoms with van der Waals surface area (Å²) in [5.41, 5.74) is 1.21. The van der Waals surface area contributed by atoms with Crippen LogP contribution < -0.4 is 10.2 Å². The standard InChI is InChI=1S/C14H22BrN3/c1-5-7-18(6-2)14-12(9-16-11(3)4)8-13(15)10-17-14/h5,8,10-11,16H,1,6-7,9H2,2-4H3. The van der Waals surface area contributed by atoms with E-state index in [9.17, 15) is 0 Å². The van der Waals surface area contributed by atoms with Crippen molar-refractivity contribution in [1.82, 2.24) is 10.3 Å². The molecule has 0 saturated heterocycles. The summed E-state index contributed by atoms with van der Waals surface area (Å²) in [4.78, 5) is 6.76.